The number of nitrogens with zero attached hydrogens (tertiary/aromatic N) is 1. The predicted molar refractivity (Wildman–Crippen MR) is 108 cm³/mol. The molecule has 0 heterocycles. The van der Waals surface area contributed by atoms with E-state index in [1.165, 1.54) is 25.7 Å². The molecule has 5 atom stereocenters. The summed E-state index contributed by atoms with van der Waals surface area (Å²) in [6, 6.07) is 0. The van der Waals surface area contributed by atoms with E-state index in [1.54, 1.807) is 5.57 Å². The lowest BCUT2D eigenvalue weighted by Gasteiger charge is -2.57. The van der Waals surface area contributed by atoms with Crippen molar-refractivity contribution < 1.29 is 9.63 Å². The molecule has 3 unspecified atom stereocenters. The summed E-state index contributed by atoms with van der Waals surface area (Å²) >= 11 is 0. The Morgan fingerprint density at radius 1 is 1.07 bits per heavy atom. The van der Waals surface area contributed by atoms with Gasteiger partial charge in [-0.05, 0) is 93.6 Å². The Morgan fingerprint density at radius 2 is 1.89 bits per heavy atom. The molecule has 0 aromatic rings. The van der Waals surface area contributed by atoms with Gasteiger partial charge in [-0.2, -0.15) is 0 Å². The largest absolute Gasteiger partial charge is 0.396 e. The summed E-state index contributed by atoms with van der Waals surface area (Å²) in [6.45, 7) is 6.15. The zero-order chi connectivity index (χ0) is 19.1. The number of carbonyl (C=O) groups is 1. The van der Waals surface area contributed by atoms with E-state index in [1.807, 2.05) is 0 Å². The normalized spacial score (nSPS) is 42.3. The number of oxime groups is 1. The molecule has 0 spiro atoms. The molecule has 2 N–H and O–H groups in total. The maximum Gasteiger partial charge on any atom is 0.139 e. The molecule has 4 aliphatic carbocycles. The first-order valence-corrected chi connectivity index (χ1v) is 11.1. The van der Waals surface area contributed by atoms with Gasteiger partial charge in [0.25, 0.3) is 0 Å². The van der Waals surface area contributed by atoms with Crippen molar-refractivity contribution >= 4 is 11.5 Å². The van der Waals surface area contributed by atoms with Crippen LogP contribution in [0.4, 0.5) is 0 Å². The molecule has 4 nitrogen and oxygen atoms in total. The van der Waals surface area contributed by atoms with E-state index in [4.69, 9.17) is 10.6 Å². The summed E-state index contributed by atoms with van der Waals surface area (Å²) in [5.74, 6) is 2.65. The van der Waals surface area contributed by atoms with Gasteiger partial charge >= 0.3 is 0 Å². The molecule has 4 heteroatoms. The fourth-order valence-electron chi connectivity index (χ4n) is 6.85. The summed E-state index contributed by atoms with van der Waals surface area (Å²) in [4.78, 5) is 18.1. The molecule has 0 amide bonds. The number of Topliss-reactive ketones (excluding diaryl/α,β-unsaturated/α-hetero) is 1. The highest BCUT2D eigenvalue weighted by molar-refractivity contribution is 5.96. The van der Waals surface area contributed by atoms with Gasteiger partial charge in [0.2, 0.25) is 0 Å². The lowest BCUT2D eigenvalue weighted by molar-refractivity contribution is -0.132. The highest BCUT2D eigenvalue weighted by Crippen LogP contribution is 2.64. The second-order valence-corrected chi connectivity index (χ2v) is 9.83. The summed E-state index contributed by atoms with van der Waals surface area (Å²) in [5, 5.41) is 4.41. The van der Waals surface area contributed by atoms with Crippen LogP contribution in [0.3, 0.4) is 0 Å². The van der Waals surface area contributed by atoms with Gasteiger partial charge in [0.15, 0.2) is 0 Å². The maximum atomic E-state index is 12.5. The quantitative estimate of drug-likeness (QED) is 0.565. The van der Waals surface area contributed by atoms with Crippen molar-refractivity contribution in [3.8, 4) is 0 Å². The van der Waals surface area contributed by atoms with E-state index in [0.29, 0.717) is 23.7 Å². The number of unbranched alkanes of at least 4 members (excludes halogenated alkanes) is 1. The molecule has 0 bridgehead atoms. The minimum atomic E-state index is -0.0165. The molecule has 0 radical (unpaired) electrons. The molecule has 150 valence electrons. The van der Waals surface area contributed by atoms with E-state index in [2.05, 4.69) is 25.1 Å². The molecule has 0 aromatic heterocycles. The van der Waals surface area contributed by atoms with Crippen LogP contribution in [0.1, 0.15) is 78.1 Å². The fraction of sp³-hybridized carbons (Fsp3) is 0.826. The van der Waals surface area contributed by atoms with Crippen LogP contribution in [0.25, 0.3) is 0 Å². The average molecular weight is 373 g/mol. The van der Waals surface area contributed by atoms with Crippen molar-refractivity contribution in [3.63, 3.8) is 0 Å². The Hall–Kier alpha value is -1.16. The van der Waals surface area contributed by atoms with E-state index >= 15 is 0 Å². The monoisotopic (exact) mass is 372 g/mol. The fourth-order valence-corrected chi connectivity index (χ4v) is 6.85. The van der Waals surface area contributed by atoms with Crippen LogP contribution in [0.5, 0.6) is 0 Å². The van der Waals surface area contributed by atoms with E-state index in [-0.39, 0.29) is 5.41 Å². The smallest absolute Gasteiger partial charge is 0.139 e. The van der Waals surface area contributed by atoms with Crippen LogP contribution in [0, 0.1) is 28.6 Å². The van der Waals surface area contributed by atoms with Gasteiger partial charge in [0.1, 0.15) is 12.4 Å². The highest BCUT2D eigenvalue weighted by atomic mass is 16.6. The van der Waals surface area contributed by atoms with Gasteiger partial charge in [-0.1, -0.05) is 24.6 Å². The molecule has 3 fully saturated rings. The number of carbonyl (C=O) groups excluding carboxylic acids is 1. The third kappa shape index (κ3) is 3.18. The number of fused-ring (bicyclic) bond motifs is 5. The van der Waals surface area contributed by atoms with Crippen molar-refractivity contribution in [2.45, 2.75) is 78.1 Å². The Bertz CT molecular complexity index is 655. The standard InChI is InChI=1S/C23H36N2O2/c1-22-11-9-17(25-27-14-4-3-13-24)15-16(22)5-6-18-19-7-8-21(26)23(19,2)12-10-20(18)22/h15,18-20H,3-14,24H2,1-2H3/b25-17+/t18?,19?,20?,22-,23-/m0/s1. The van der Waals surface area contributed by atoms with Crippen molar-refractivity contribution in [1.82, 2.24) is 0 Å². The van der Waals surface area contributed by atoms with Crippen LogP contribution in [-0.2, 0) is 9.63 Å². The van der Waals surface area contributed by atoms with Crippen LogP contribution in [0.2, 0.25) is 0 Å². The zero-order valence-corrected chi connectivity index (χ0v) is 17.1. The number of hydrogen-bond acceptors (Lipinski definition) is 4. The van der Waals surface area contributed by atoms with E-state index in [0.717, 1.165) is 62.6 Å². The Labute approximate surface area is 164 Å². The van der Waals surface area contributed by atoms with Gasteiger partial charge in [0.05, 0.1) is 5.71 Å². The molecule has 0 aliphatic heterocycles. The van der Waals surface area contributed by atoms with Gasteiger partial charge in [-0.3, -0.25) is 4.79 Å². The van der Waals surface area contributed by atoms with Crippen LogP contribution < -0.4 is 5.73 Å². The van der Waals surface area contributed by atoms with Gasteiger partial charge in [-0.15, -0.1) is 0 Å². The number of nitrogens with two attached hydrogens (primary N) is 1. The molecule has 4 aliphatic rings. The number of hydrogen-bond donors (Lipinski definition) is 1. The van der Waals surface area contributed by atoms with E-state index in [9.17, 15) is 4.79 Å². The number of rotatable bonds is 5. The molecule has 4 rings (SSSR count). The third-order valence-electron chi connectivity index (χ3n) is 8.56. The van der Waals surface area contributed by atoms with Crippen LogP contribution >= 0.6 is 0 Å². The number of allylic oxidation sites excluding steroid dienone is 2. The molecule has 27 heavy (non-hydrogen) atoms. The summed E-state index contributed by atoms with van der Waals surface area (Å²) in [7, 11) is 0. The second-order valence-electron chi connectivity index (χ2n) is 9.83. The Morgan fingerprint density at radius 3 is 2.70 bits per heavy atom. The van der Waals surface area contributed by atoms with Crippen LogP contribution in [-0.4, -0.2) is 24.6 Å². The first-order valence-electron chi connectivity index (χ1n) is 11.1. The summed E-state index contributed by atoms with van der Waals surface area (Å²) in [5.41, 5.74) is 8.51. The van der Waals surface area contributed by atoms with Crippen LogP contribution in [0.15, 0.2) is 16.8 Å². The Kier molecular flexibility index (Phi) is 5.22. The van der Waals surface area contributed by atoms with Crippen molar-refractivity contribution in [3.05, 3.63) is 11.6 Å². The first kappa shape index (κ1) is 19.2. The lowest BCUT2D eigenvalue weighted by Crippen LogP contribution is -2.50. The maximum absolute atomic E-state index is 12.5. The third-order valence-corrected chi connectivity index (χ3v) is 8.56. The topological polar surface area (TPSA) is 64.7 Å². The highest BCUT2D eigenvalue weighted by Gasteiger charge is 2.58. The van der Waals surface area contributed by atoms with Gasteiger partial charge in [-0.25, -0.2) is 0 Å². The minimum Gasteiger partial charge on any atom is -0.396 e. The van der Waals surface area contributed by atoms with Gasteiger partial charge in [0, 0.05) is 11.8 Å². The zero-order valence-electron chi connectivity index (χ0n) is 17.1. The van der Waals surface area contributed by atoms with Crippen molar-refractivity contribution in [2.75, 3.05) is 13.2 Å². The second kappa shape index (κ2) is 7.35. The molecule has 3 saturated carbocycles. The molecule has 0 aromatic carbocycles. The van der Waals surface area contributed by atoms with Crippen molar-refractivity contribution in [2.24, 2.45) is 39.5 Å². The van der Waals surface area contributed by atoms with Crippen molar-refractivity contribution in [1.29, 1.82) is 0 Å². The summed E-state index contributed by atoms with van der Waals surface area (Å²) < 4.78 is 0. The average Bonchev–Trinajstić information content (AvgIpc) is 2.97. The molecule has 0 saturated heterocycles. The SMILES string of the molecule is C[C@]12CC/C(=N\OCCCCN)C=C1CCC1C2CC[C@]2(C)C(=O)CCC12. The van der Waals surface area contributed by atoms with E-state index < -0.39 is 0 Å². The molecular formula is C23H36N2O2. The van der Waals surface area contributed by atoms with Gasteiger partial charge < -0.3 is 10.6 Å². The molecular weight excluding hydrogens is 336 g/mol. The first-order chi connectivity index (χ1) is 13.0. The predicted octanol–water partition coefficient (Wildman–Crippen LogP) is 4.63. The summed E-state index contributed by atoms with van der Waals surface area (Å²) in [6.07, 6.45) is 13.2. The minimum absolute atomic E-state index is 0.0165. The Balaban J connectivity index is 1.48. The number of ketones is 1. The lowest BCUT2D eigenvalue weighted by atomic mass is 9.47.